The zero-order valence-electron chi connectivity index (χ0n) is 10.2. The van der Waals surface area contributed by atoms with Crippen LogP contribution in [-0.4, -0.2) is 23.7 Å². The molecule has 1 aromatic heterocycles. The van der Waals surface area contributed by atoms with Crippen LogP contribution in [0.4, 0.5) is 5.13 Å². The summed E-state index contributed by atoms with van der Waals surface area (Å²) in [6.07, 6.45) is 2.25. The first-order valence-electron chi connectivity index (χ1n) is 5.96. The molecule has 2 atom stereocenters. The van der Waals surface area contributed by atoms with E-state index in [0.29, 0.717) is 0 Å². The quantitative estimate of drug-likeness (QED) is 0.858. The summed E-state index contributed by atoms with van der Waals surface area (Å²) < 4.78 is 0. The number of thiazole rings is 1. The third-order valence-corrected chi connectivity index (χ3v) is 4.55. The molecule has 0 bridgehead atoms. The van der Waals surface area contributed by atoms with E-state index in [2.05, 4.69) is 30.8 Å². The number of anilines is 1. The van der Waals surface area contributed by atoms with Crippen molar-refractivity contribution in [3.05, 3.63) is 10.6 Å². The molecule has 2 unspecified atom stereocenters. The van der Waals surface area contributed by atoms with E-state index in [1.54, 1.807) is 11.3 Å². The molecule has 0 spiro atoms. The largest absolute Gasteiger partial charge is 0.391 e. The third-order valence-electron chi connectivity index (χ3n) is 3.36. The number of nitrogens with zero attached hydrogens (tertiary/aromatic N) is 2. The van der Waals surface area contributed by atoms with E-state index in [1.807, 2.05) is 0 Å². The predicted octanol–water partition coefficient (Wildman–Crippen LogP) is 2.29. The summed E-state index contributed by atoms with van der Waals surface area (Å²) in [5.74, 6) is 1.72. The molecule has 4 heteroatoms. The van der Waals surface area contributed by atoms with Crippen molar-refractivity contribution in [3.63, 3.8) is 0 Å². The van der Waals surface area contributed by atoms with Crippen LogP contribution < -0.4 is 4.90 Å². The number of aliphatic hydroxyl groups is 1. The Labute approximate surface area is 101 Å². The molecule has 1 saturated carbocycles. The smallest absolute Gasteiger partial charge is 0.185 e. The van der Waals surface area contributed by atoms with E-state index < -0.39 is 0 Å². The summed E-state index contributed by atoms with van der Waals surface area (Å²) >= 11 is 1.63. The maximum atomic E-state index is 9.23. The van der Waals surface area contributed by atoms with Crippen molar-refractivity contribution in [2.24, 2.45) is 11.8 Å². The van der Waals surface area contributed by atoms with Gasteiger partial charge in [0.05, 0.1) is 17.2 Å². The minimum Gasteiger partial charge on any atom is -0.391 e. The summed E-state index contributed by atoms with van der Waals surface area (Å²) in [5, 5.41) is 10.3. The van der Waals surface area contributed by atoms with Crippen LogP contribution in [0.25, 0.3) is 0 Å². The Morgan fingerprint density at radius 1 is 1.56 bits per heavy atom. The molecule has 1 heterocycles. The van der Waals surface area contributed by atoms with E-state index in [-0.39, 0.29) is 6.61 Å². The van der Waals surface area contributed by atoms with Crippen molar-refractivity contribution < 1.29 is 5.11 Å². The number of hydrogen-bond acceptors (Lipinski definition) is 4. The van der Waals surface area contributed by atoms with Gasteiger partial charge in [0.15, 0.2) is 5.13 Å². The molecule has 2 rings (SSSR count). The first-order valence-corrected chi connectivity index (χ1v) is 6.77. The van der Waals surface area contributed by atoms with Crippen molar-refractivity contribution in [2.45, 2.75) is 33.3 Å². The number of aliphatic hydroxyl groups excluding tert-OH is 1. The van der Waals surface area contributed by atoms with Gasteiger partial charge in [-0.05, 0) is 24.7 Å². The number of aromatic nitrogens is 1. The van der Waals surface area contributed by atoms with Crippen LogP contribution in [0.2, 0.25) is 0 Å². The lowest BCUT2D eigenvalue weighted by atomic mass is 10.3. The Balaban J connectivity index is 2.04. The number of aryl methyl sites for hydroxylation is 1. The predicted molar refractivity (Wildman–Crippen MR) is 68.0 cm³/mol. The van der Waals surface area contributed by atoms with E-state index in [0.717, 1.165) is 40.5 Å². The Bertz CT molecular complexity index is 342. The molecule has 0 saturated heterocycles. The van der Waals surface area contributed by atoms with Gasteiger partial charge in [-0.2, -0.15) is 0 Å². The maximum Gasteiger partial charge on any atom is 0.185 e. The van der Waals surface area contributed by atoms with Crippen molar-refractivity contribution in [1.82, 2.24) is 4.98 Å². The van der Waals surface area contributed by atoms with Crippen molar-refractivity contribution >= 4 is 16.5 Å². The zero-order valence-corrected chi connectivity index (χ0v) is 11.0. The average molecular weight is 240 g/mol. The molecule has 0 aromatic carbocycles. The van der Waals surface area contributed by atoms with Crippen molar-refractivity contribution in [2.75, 3.05) is 18.5 Å². The van der Waals surface area contributed by atoms with E-state index in [9.17, 15) is 5.11 Å². The fourth-order valence-electron chi connectivity index (χ4n) is 2.02. The molecular weight excluding hydrogens is 220 g/mol. The standard InChI is InChI=1S/C12H20N2OS/c1-4-10-11(7-15)16-12(13-10)14(3)6-9-5-8(9)2/h8-9,15H,4-7H2,1-3H3. The normalized spacial score (nSPS) is 23.5. The molecule has 0 aliphatic heterocycles. The van der Waals surface area contributed by atoms with E-state index in [1.165, 1.54) is 6.42 Å². The Morgan fingerprint density at radius 3 is 2.69 bits per heavy atom. The summed E-state index contributed by atoms with van der Waals surface area (Å²) in [6, 6.07) is 0. The lowest BCUT2D eigenvalue weighted by Crippen LogP contribution is -2.20. The van der Waals surface area contributed by atoms with Gasteiger partial charge in [0, 0.05) is 13.6 Å². The average Bonchev–Trinajstić information content (AvgIpc) is 2.84. The maximum absolute atomic E-state index is 9.23. The fraction of sp³-hybridized carbons (Fsp3) is 0.750. The molecule has 3 nitrogen and oxygen atoms in total. The van der Waals surface area contributed by atoms with Crippen LogP contribution in [0.3, 0.4) is 0 Å². The molecule has 1 fully saturated rings. The van der Waals surface area contributed by atoms with E-state index in [4.69, 9.17) is 0 Å². The second-order valence-corrected chi connectivity index (χ2v) is 5.79. The molecule has 0 radical (unpaired) electrons. The molecule has 1 N–H and O–H groups in total. The Kier molecular flexibility index (Phi) is 3.50. The highest BCUT2D eigenvalue weighted by Gasteiger charge is 2.33. The van der Waals surface area contributed by atoms with Gasteiger partial charge >= 0.3 is 0 Å². The fourth-order valence-corrected chi connectivity index (χ4v) is 3.00. The summed E-state index contributed by atoms with van der Waals surface area (Å²) in [5.41, 5.74) is 1.05. The first kappa shape index (κ1) is 11.9. The van der Waals surface area contributed by atoms with Crippen LogP contribution in [0.15, 0.2) is 0 Å². The first-order chi connectivity index (χ1) is 7.65. The van der Waals surface area contributed by atoms with Gasteiger partial charge in [-0.25, -0.2) is 4.98 Å². The summed E-state index contributed by atoms with van der Waals surface area (Å²) in [4.78, 5) is 7.84. The van der Waals surface area contributed by atoms with Gasteiger partial charge in [0.2, 0.25) is 0 Å². The monoisotopic (exact) mass is 240 g/mol. The molecule has 90 valence electrons. The highest BCUT2D eigenvalue weighted by molar-refractivity contribution is 7.15. The van der Waals surface area contributed by atoms with Crippen LogP contribution in [0, 0.1) is 11.8 Å². The summed E-state index contributed by atoms with van der Waals surface area (Å²) in [6.45, 7) is 5.61. The lowest BCUT2D eigenvalue weighted by molar-refractivity contribution is 0.284. The van der Waals surface area contributed by atoms with Gasteiger partial charge < -0.3 is 10.0 Å². The van der Waals surface area contributed by atoms with Crippen molar-refractivity contribution in [3.8, 4) is 0 Å². The molecule has 0 amide bonds. The SMILES string of the molecule is CCc1nc(N(C)CC2CC2C)sc1CO. The second-order valence-electron chi connectivity index (χ2n) is 4.73. The van der Waals surface area contributed by atoms with Gasteiger partial charge in [-0.3, -0.25) is 0 Å². The number of hydrogen-bond donors (Lipinski definition) is 1. The zero-order chi connectivity index (χ0) is 11.7. The minimum absolute atomic E-state index is 0.120. The Morgan fingerprint density at radius 2 is 2.25 bits per heavy atom. The van der Waals surface area contributed by atoms with Crippen LogP contribution in [0.1, 0.15) is 30.8 Å². The number of rotatable bonds is 5. The van der Waals surface area contributed by atoms with Gasteiger partial charge in [0.25, 0.3) is 0 Å². The highest BCUT2D eigenvalue weighted by atomic mass is 32.1. The Hall–Kier alpha value is -0.610. The van der Waals surface area contributed by atoms with Crippen molar-refractivity contribution in [1.29, 1.82) is 0 Å². The van der Waals surface area contributed by atoms with Crippen LogP contribution >= 0.6 is 11.3 Å². The van der Waals surface area contributed by atoms with Gasteiger partial charge in [0.1, 0.15) is 0 Å². The van der Waals surface area contributed by atoms with Crippen LogP contribution in [-0.2, 0) is 13.0 Å². The van der Waals surface area contributed by atoms with Gasteiger partial charge in [-0.1, -0.05) is 25.2 Å². The lowest BCUT2D eigenvalue weighted by Gasteiger charge is -2.14. The van der Waals surface area contributed by atoms with Crippen LogP contribution in [0.5, 0.6) is 0 Å². The molecule has 16 heavy (non-hydrogen) atoms. The molecule has 1 aromatic rings. The molecular formula is C12H20N2OS. The highest BCUT2D eigenvalue weighted by Crippen LogP contribution is 2.39. The molecule has 1 aliphatic carbocycles. The topological polar surface area (TPSA) is 36.4 Å². The van der Waals surface area contributed by atoms with Gasteiger partial charge in [-0.15, -0.1) is 0 Å². The molecule has 1 aliphatic rings. The minimum atomic E-state index is 0.120. The second kappa shape index (κ2) is 4.72. The third kappa shape index (κ3) is 2.38. The summed E-state index contributed by atoms with van der Waals surface area (Å²) in [7, 11) is 2.10. The van der Waals surface area contributed by atoms with E-state index >= 15 is 0 Å².